The zero-order valence-corrected chi connectivity index (χ0v) is 11.8. The maximum absolute atomic E-state index is 12.9. The molecule has 1 N–H and O–H groups in total. The average molecular weight is 330 g/mol. The van der Waals surface area contributed by atoms with E-state index in [1.54, 1.807) is 0 Å². The number of nitrogens with one attached hydrogen (secondary N) is 1. The Morgan fingerprint density at radius 2 is 2.33 bits per heavy atom. The lowest BCUT2D eigenvalue weighted by molar-refractivity contribution is 0.102. The van der Waals surface area contributed by atoms with Crippen molar-refractivity contribution in [2.75, 3.05) is 5.32 Å². The molecule has 0 atom stereocenters. The summed E-state index contributed by atoms with van der Waals surface area (Å²) < 4.78 is 17.2. The van der Waals surface area contributed by atoms with E-state index in [1.807, 2.05) is 6.92 Å². The first-order chi connectivity index (χ1) is 8.61. The fourth-order valence-electron chi connectivity index (χ4n) is 1.38. The number of carbonyl (C=O) groups excluding carboxylic acids is 1. The average Bonchev–Trinajstić information content (AvgIpc) is 2.81. The summed E-state index contributed by atoms with van der Waals surface area (Å²) in [5.74, 6) is -0.650. The van der Waals surface area contributed by atoms with Crippen LogP contribution >= 0.6 is 27.5 Å². The van der Waals surface area contributed by atoms with Gasteiger partial charge in [-0.15, -0.1) is 5.10 Å². The van der Waals surface area contributed by atoms with Crippen LogP contribution in [-0.4, -0.2) is 15.5 Å². The normalized spacial score (nSPS) is 10.4. The number of aryl methyl sites for hydroxylation is 1. The summed E-state index contributed by atoms with van der Waals surface area (Å²) >= 11 is 4.24. The van der Waals surface area contributed by atoms with Crippen LogP contribution in [0, 0.1) is 5.82 Å². The molecular formula is C11H9BrFN3OS. The van der Waals surface area contributed by atoms with Crippen molar-refractivity contribution in [3.05, 3.63) is 39.1 Å². The first-order valence-electron chi connectivity index (χ1n) is 5.19. The first kappa shape index (κ1) is 13.1. The van der Waals surface area contributed by atoms with Crippen molar-refractivity contribution in [1.29, 1.82) is 0 Å². The van der Waals surface area contributed by atoms with Crippen LogP contribution in [-0.2, 0) is 6.42 Å². The van der Waals surface area contributed by atoms with E-state index in [0.29, 0.717) is 27.2 Å². The highest BCUT2D eigenvalue weighted by molar-refractivity contribution is 9.10. The van der Waals surface area contributed by atoms with E-state index in [1.165, 1.54) is 18.2 Å². The number of aromatic nitrogens is 2. The molecule has 2 rings (SSSR count). The standard InChI is InChI=1S/C11H9BrFN3OS/c1-2-8-10(18-16-15-8)11(17)14-9-4-3-6(13)5-7(9)12/h3-5H,2H2,1H3,(H,14,17). The largest absolute Gasteiger partial charge is 0.320 e. The van der Waals surface area contributed by atoms with Crippen LogP contribution in [0.5, 0.6) is 0 Å². The van der Waals surface area contributed by atoms with Gasteiger partial charge in [-0.25, -0.2) is 4.39 Å². The minimum Gasteiger partial charge on any atom is -0.320 e. The molecule has 0 aliphatic carbocycles. The van der Waals surface area contributed by atoms with Crippen LogP contribution in [0.2, 0.25) is 0 Å². The summed E-state index contributed by atoms with van der Waals surface area (Å²) in [4.78, 5) is 12.5. The van der Waals surface area contributed by atoms with Crippen LogP contribution in [0.1, 0.15) is 22.3 Å². The van der Waals surface area contributed by atoms with Gasteiger partial charge in [-0.1, -0.05) is 11.4 Å². The zero-order chi connectivity index (χ0) is 13.1. The molecule has 7 heteroatoms. The number of rotatable bonds is 3. The van der Waals surface area contributed by atoms with E-state index in [2.05, 4.69) is 30.8 Å². The quantitative estimate of drug-likeness (QED) is 0.940. The molecule has 94 valence electrons. The van der Waals surface area contributed by atoms with Crippen LogP contribution in [0.25, 0.3) is 0 Å². The molecule has 1 heterocycles. The highest BCUT2D eigenvalue weighted by atomic mass is 79.9. The molecule has 0 aliphatic rings. The SMILES string of the molecule is CCc1nnsc1C(=O)Nc1ccc(F)cc1Br. The number of amides is 1. The van der Waals surface area contributed by atoms with Gasteiger partial charge in [0.2, 0.25) is 0 Å². The predicted molar refractivity (Wildman–Crippen MR) is 71.3 cm³/mol. The topological polar surface area (TPSA) is 54.9 Å². The lowest BCUT2D eigenvalue weighted by Gasteiger charge is -2.06. The molecule has 18 heavy (non-hydrogen) atoms. The van der Waals surface area contributed by atoms with Gasteiger partial charge < -0.3 is 5.32 Å². The Kier molecular flexibility index (Phi) is 4.03. The van der Waals surface area contributed by atoms with Gasteiger partial charge >= 0.3 is 0 Å². The van der Waals surface area contributed by atoms with Crippen LogP contribution < -0.4 is 5.32 Å². The van der Waals surface area contributed by atoms with Crippen molar-refractivity contribution < 1.29 is 9.18 Å². The lowest BCUT2D eigenvalue weighted by Crippen LogP contribution is -2.12. The number of halogens is 2. The van der Waals surface area contributed by atoms with Gasteiger partial charge in [0.05, 0.1) is 11.4 Å². The van der Waals surface area contributed by atoms with Gasteiger partial charge in [-0.2, -0.15) is 0 Å². The monoisotopic (exact) mass is 329 g/mol. The molecule has 0 radical (unpaired) electrons. The first-order valence-corrected chi connectivity index (χ1v) is 6.76. The molecular weight excluding hydrogens is 321 g/mol. The molecule has 0 saturated heterocycles. The van der Waals surface area contributed by atoms with Crippen molar-refractivity contribution in [2.45, 2.75) is 13.3 Å². The third-order valence-corrected chi connectivity index (χ3v) is 3.70. The third kappa shape index (κ3) is 2.73. The van der Waals surface area contributed by atoms with E-state index in [4.69, 9.17) is 0 Å². The van der Waals surface area contributed by atoms with Crippen molar-refractivity contribution >= 4 is 39.1 Å². The Bertz CT molecular complexity index is 587. The van der Waals surface area contributed by atoms with E-state index in [-0.39, 0.29) is 11.7 Å². The van der Waals surface area contributed by atoms with E-state index in [0.717, 1.165) is 11.5 Å². The van der Waals surface area contributed by atoms with E-state index < -0.39 is 0 Å². The second-order valence-corrected chi connectivity index (χ2v) is 5.09. The summed E-state index contributed by atoms with van der Waals surface area (Å²) in [7, 11) is 0. The molecule has 1 aromatic heterocycles. The molecule has 0 unspecified atom stereocenters. The van der Waals surface area contributed by atoms with Crippen molar-refractivity contribution in [1.82, 2.24) is 9.59 Å². The van der Waals surface area contributed by atoms with Gasteiger partial charge in [0, 0.05) is 4.47 Å². The summed E-state index contributed by atoms with van der Waals surface area (Å²) in [6, 6.07) is 4.07. The van der Waals surface area contributed by atoms with E-state index in [9.17, 15) is 9.18 Å². The number of hydrogen-bond acceptors (Lipinski definition) is 4. The smallest absolute Gasteiger partial charge is 0.269 e. The predicted octanol–water partition coefficient (Wildman–Crippen LogP) is 3.25. The lowest BCUT2D eigenvalue weighted by atomic mass is 10.2. The zero-order valence-electron chi connectivity index (χ0n) is 9.41. The Morgan fingerprint density at radius 3 is 3.00 bits per heavy atom. The van der Waals surface area contributed by atoms with E-state index >= 15 is 0 Å². The number of anilines is 1. The number of carbonyl (C=O) groups is 1. The maximum atomic E-state index is 12.9. The molecule has 0 saturated carbocycles. The van der Waals surface area contributed by atoms with Crippen LogP contribution in [0.15, 0.2) is 22.7 Å². The van der Waals surface area contributed by atoms with Crippen LogP contribution in [0.3, 0.4) is 0 Å². The summed E-state index contributed by atoms with van der Waals surface area (Å²) in [6.45, 7) is 1.90. The molecule has 1 amide bonds. The maximum Gasteiger partial charge on any atom is 0.269 e. The minimum atomic E-state index is -0.367. The summed E-state index contributed by atoms with van der Waals surface area (Å²) in [5.41, 5.74) is 1.17. The van der Waals surface area contributed by atoms with Gasteiger partial charge in [0.15, 0.2) is 0 Å². The van der Waals surface area contributed by atoms with Gasteiger partial charge in [-0.05, 0) is 52.1 Å². The second-order valence-electron chi connectivity index (χ2n) is 3.48. The van der Waals surface area contributed by atoms with Crippen molar-refractivity contribution in [2.24, 2.45) is 0 Å². The minimum absolute atomic E-state index is 0.283. The fraction of sp³-hybridized carbons (Fsp3) is 0.182. The molecule has 2 aromatic rings. The van der Waals surface area contributed by atoms with Gasteiger partial charge in [-0.3, -0.25) is 4.79 Å². The fourth-order valence-corrected chi connectivity index (χ4v) is 2.48. The Balaban J connectivity index is 2.21. The number of nitrogens with zero attached hydrogens (tertiary/aromatic N) is 2. The molecule has 1 aromatic carbocycles. The Morgan fingerprint density at radius 1 is 1.56 bits per heavy atom. The molecule has 4 nitrogen and oxygen atoms in total. The van der Waals surface area contributed by atoms with Gasteiger partial charge in [0.1, 0.15) is 10.7 Å². The molecule has 0 bridgehead atoms. The summed E-state index contributed by atoms with van der Waals surface area (Å²) in [6.07, 6.45) is 0.643. The van der Waals surface area contributed by atoms with Crippen molar-refractivity contribution in [3.63, 3.8) is 0 Å². The molecule has 0 aliphatic heterocycles. The number of hydrogen-bond donors (Lipinski definition) is 1. The third-order valence-electron chi connectivity index (χ3n) is 2.28. The Hall–Kier alpha value is -1.34. The second kappa shape index (κ2) is 5.53. The summed E-state index contributed by atoms with van der Waals surface area (Å²) in [5, 5.41) is 6.56. The highest BCUT2D eigenvalue weighted by Gasteiger charge is 2.16. The molecule has 0 spiro atoms. The Labute approximate surface area is 116 Å². The highest BCUT2D eigenvalue weighted by Crippen LogP contribution is 2.24. The molecule has 0 fully saturated rings. The van der Waals surface area contributed by atoms with Gasteiger partial charge in [0.25, 0.3) is 5.91 Å². The van der Waals surface area contributed by atoms with Crippen molar-refractivity contribution in [3.8, 4) is 0 Å². The number of benzene rings is 1. The van der Waals surface area contributed by atoms with Crippen LogP contribution in [0.4, 0.5) is 10.1 Å².